The van der Waals surface area contributed by atoms with Crippen LogP contribution in [0.15, 0.2) is 48.5 Å². The van der Waals surface area contributed by atoms with Crippen LogP contribution in [-0.4, -0.2) is 6.04 Å². The maximum atomic E-state index is 13.7. The Bertz CT molecular complexity index is 1150. The molecule has 0 aliphatic carbocycles. The van der Waals surface area contributed by atoms with Crippen molar-refractivity contribution >= 4 is 6.04 Å². The predicted octanol–water partition coefficient (Wildman–Crippen LogP) is 7.82. The van der Waals surface area contributed by atoms with E-state index >= 15 is 0 Å². The summed E-state index contributed by atoms with van der Waals surface area (Å²) >= 11 is 0. The molecule has 0 saturated heterocycles. The molecule has 0 fully saturated rings. The highest BCUT2D eigenvalue weighted by Gasteiger charge is 2.34. The number of carbonyl (C=O) groups excluding carboxylic acids is 1. The third-order valence-electron chi connectivity index (χ3n) is 4.42. The summed E-state index contributed by atoms with van der Waals surface area (Å²) in [4.78, 5) is 10.4. The monoisotopic (exact) mass is 478 g/mol. The van der Waals surface area contributed by atoms with E-state index < -0.39 is 52.4 Å². The average Bonchev–Trinajstić information content (AvgIpc) is 2.73. The number of carbonyl (C=O) groups is 1. The number of aryl methyl sites for hydroxylation is 1. The SMILES string of the molecule is CCCc1ccc(F)c(F)c1F.O=C(F)c1ccc(-c2ccc(C(F)(F)F)c(F)c2)c(F)c1. The highest BCUT2D eigenvalue weighted by atomic mass is 19.4. The van der Waals surface area contributed by atoms with Gasteiger partial charge in [-0.25, -0.2) is 22.0 Å². The summed E-state index contributed by atoms with van der Waals surface area (Å²) in [7, 11) is 0. The molecule has 0 saturated carbocycles. The van der Waals surface area contributed by atoms with Crippen LogP contribution in [0, 0.1) is 29.1 Å². The summed E-state index contributed by atoms with van der Waals surface area (Å²) in [5.41, 5.74) is -2.18. The van der Waals surface area contributed by atoms with Gasteiger partial charge in [0.15, 0.2) is 17.5 Å². The standard InChI is InChI=1S/C14H6F6O.C9H9F3/c15-11-6-8(13(17)21)1-3-9(11)7-2-4-10(12(16)5-7)14(18,19)20;1-2-3-6-4-5-7(10)9(12)8(6)11/h1-6H;4-5H,2-3H2,1H3. The topological polar surface area (TPSA) is 17.1 Å². The first-order valence-electron chi connectivity index (χ1n) is 9.35. The lowest BCUT2D eigenvalue weighted by Gasteiger charge is -2.10. The molecule has 0 radical (unpaired) electrons. The number of hydrogen-bond acceptors (Lipinski definition) is 1. The Morgan fingerprint density at radius 3 is 1.97 bits per heavy atom. The van der Waals surface area contributed by atoms with Crippen LogP contribution < -0.4 is 0 Å². The quantitative estimate of drug-likeness (QED) is 0.212. The average molecular weight is 478 g/mol. The summed E-state index contributed by atoms with van der Waals surface area (Å²) in [5.74, 6) is -6.16. The van der Waals surface area contributed by atoms with Gasteiger partial charge in [0.1, 0.15) is 11.6 Å². The Labute approximate surface area is 182 Å². The molecular weight excluding hydrogens is 463 g/mol. The molecule has 3 aromatic rings. The second-order valence-electron chi connectivity index (χ2n) is 6.75. The van der Waals surface area contributed by atoms with Crippen molar-refractivity contribution in [3.8, 4) is 11.1 Å². The molecule has 0 spiro atoms. The summed E-state index contributed by atoms with van der Waals surface area (Å²) in [5, 5.41) is 0. The van der Waals surface area contributed by atoms with Crippen LogP contribution in [0.4, 0.5) is 39.5 Å². The van der Waals surface area contributed by atoms with Gasteiger partial charge >= 0.3 is 12.2 Å². The maximum Gasteiger partial charge on any atom is 0.419 e. The van der Waals surface area contributed by atoms with E-state index in [1.54, 1.807) is 0 Å². The van der Waals surface area contributed by atoms with Crippen LogP contribution >= 0.6 is 0 Å². The van der Waals surface area contributed by atoms with E-state index in [1.165, 1.54) is 6.07 Å². The Morgan fingerprint density at radius 1 is 0.788 bits per heavy atom. The molecule has 0 unspecified atom stereocenters. The second-order valence-corrected chi connectivity index (χ2v) is 6.75. The van der Waals surface area contributed by atoms with E-state index in [2.05, 4.69) is 0 Å². The minimum Gasteiger partial charge on any atom is -0.255 e. The Hall–Kier alpha value is -3.30. The van der Waals surface area contributed by atoms with Gasteiger partial charge in [0.2, 0.25) is 0 Å². The van der Waals surface area contributed by atoms with Gasteiger partial charge in [-0.3, -0.25) is 4.79 Å². The largest absolute Gasteiger partial charge is 0.419 e. The highest BCUT2D eigenvalue weighted by molar-refractivity contribution is 5.89. The van der Waals surface area contributed by atoms with Crippen LogP contribution in [0.3, 0.4) is 0 Å². The van der Waals surface area contributed by atoms with Gasteiger partial charge in [-0.05, 0) is 47.9 Å². The molecule has 0 aliphatic heterocycles. The van der Waals surface area contributed by atoms with Crippen molar-refractivity contribution in [1.29, 1.82) is 0 Å². The fourth-order valence-electron chi connectivity index (χ4n) is 2.81. The van der Waals surface area contributed by atoms with Gasteiger partial charge < -0.3 is 0 Å². The first-order chi connectivity index (χ1) is 15.4. The van der Waals surface area contributed by atoms with Crippen molar-refractivity contribution in [3.63, 3.8) is 0 Å². The molecule has 33 heavy (non-hydrogen) atoms. The normalized spacial score (nSPS) is 11.1. The third kappa shape index (κ3) is 6.36. The lowest BCUT2D eigenvalue weighted by molar-refractivity contribution is -0.139. The minimum absolute atomic E-state index is 0.157. The molecular formula is C23H15F9O. The molecule has 0 atom stereocenters. The van der Waals surface area contributed by atoms with Crippen molar-refractivity contribution in [2.45, 2.75) is 25.9 Å². The molecule has 1 nitrogen and oxygen atoms in total. The lowest BCUT2D eigenvalue weighted by atomic mass is 10.0. The van der Waals surface area contributed by atoms with Gasteiger partial charge in [-0.15, -0.1) is 0 Å². The van der Waals surface area contributed by atoms with Gasteiger partial charge in [0, 0.05) is 5.56 Å². The molecule has 0 amide bonds. The van der Waals surface area contributed by atoms with Crippen LogP contribution in [-0.2, 0) is 12.6 Å². The Balaban J connectivity index is 0.000000273. The van der Waals surface area contributed by atoms with Gasteiger partial charge in [0.05, 0.1) is 11.1 Å². The molecule has 0 bridgehead atoms. The van der Waals surface area contributed by atoms with Gasteiger partial charge in [-0.1, -0.05) is 31.5 Å². The third-order valence-corrected chi connectivity index (χ3v) is 4.42. The maximum absolute atomic E-state index is 13.7. The lowest BCUT2D eigenvalue weighted by Crippen LogP contribution is -2.08. The Kier molecular flexibility index (Phi) is 8.29. The minimum atomic E-state index is -4.86. The first kappa shape index (κ1) is 26.0. The highest BCUT2D eigenvalue weighted by Crippen LogP contribution is 2.34. The van der Waals surface area contributed by atoms with E-state index in [0.29, 0.717) is 31.0 Å². The fraction of sp³-hybridized carbons (Fsp3) is 0.174. The van der Waals surface area contributed by atoms with Crippen molar-refractivity contribution < 1.29 is 44.3 Å². The summed E-state index contributed by atoms with van der Waals surface area (Å²) in [6, 6.07) is 4.81. The van der Waals surface area contributed by atoms with Crippen molar-refractivity contribution in [3.05, 3.63) is 94.3 Å². The van der Waals surface area contributed by atoms with Crippen LogP contribution in [0.2, 0.25) is 0 Å². The van der Waals surface area contributed by atoms with Crippen LogP contribution in [0.1, 0.15) is 34.8 Å². The molecule has 0 aromatic heterocycles. The molecule has 3 rings (SSSR count). The number of halogens is 9. The molecule has 0 N–H and O–H groups in total. The second kappa shape index (κ2) is 10.5. The summed E-state index contributed by atoms with van der Waals surface area (Å²) < 4.78 is 115. The van der Waals surface area contributed by atoms with E-state index in [1.807, 2.05) is 6.92 Å². The van der Waals surface area contributed by atoms with Crippen LogP contribution in [0.25, 0.3) is 11.1 Å². The zero-order chi connectivity index (χ0) is 24.9. The molecule has 176 valence electrons. The predicted molar refractivity (Wildman–Crippen MR) is 103 cm³/mol. The smallest absolute Gasteiger partial charge is 0.255 e. The molecule has 10 heteroatoms. The van der Waals surface area contributed by atoms with Crippen molar-refractivity contribution in [1.82, 2.24) is 0 Å². The van der Waals surface area contributed by atoms with E-state index in [0.717, 1.165) is 24.3 Å². The summed E-state index contributed by atoms with van der Waals surface area (Å²) in [6.07, 6.45) is -3.71. The zero-order valence-corrected chi connectivity index (χ0v) is 16.8. The molecule has 0 aliphatic rings. The number of alkyl halides is 3. The van der Waals surface area contributed by atoms with E-state index in [9.17, 15) is 44.3 Å². The fourth-order valence-corrected chi connectivity index (χ4v) is 2.81. The van der Waals surface area contributed by atoms with Crippen LogP contribution in [0.5, 0.6) is 0 Å². The zero-order valence-electron chi connectivity index (χ0n) is 16.8. The molecule has 0 heterocycles. The van der Waals surface area contributed by atoms with Crippen molar-refractivity contribution in [2.24, 2.45) is 0 Å². The first-order valence-corrected chi connectivity index (χ1v) is 9.35. The van der Waals surface area contributed by atoms with E-state index in [4.69, 9.17) is 0 Å². The number of hydrogen-bond donors (Lipinski definition) is 0. The van der Waals surface area contributed by atoms with Gasteiger partial charge in [-0.2, -0.15) is 17.6 Å². The number of benzene rings is 3. The number of rotatable bonds is 4. The molecule has 3 aromatic carbocycles. The van der Waals surface area contributed by atoms with Gasteiger partial charge in [0.25, 0.3) is 0 Å². The van der Waals surface area contributed by atoms with Crippen molar-refractivity contribution in [2.75, 3.05) is 0 Å². The Morgan fingerprint density at radius 2 is 1.45 bits per heavy atom. The van der Waals surface area contributed by atoms with E-state index in [-0.39, 0.29) is 16.7 Å². The summed E-state index contributed by atoms with van der Waals surface area (Å²) in [6.45, 7) is 1.85.